The lowest BCUT2D eigenvalue weighted by Gasteiger charge is -2.14. The average molecular weight is 539 g/mol. The van der Waals surface area contributed by atoms with Crippen molar-refractivity contribution in [3.63, 3.8) is 0 Å². The second-order valence-electron chi connectivity index (χ2n) is 8.94. The van der Waals surface area contributed by atoms with E-state index in [1.165, 1.54) is 50.6 Å². The molecule has 4 aromatic rings. The summed E-state index contributed by atoms with van der Waals surface area (Å²) in [5.74, 6) is -1.51. The molecule has 0 fully saturated rings. The number of methoxy groups -OCH3 is 2. The second kappa shape index (κ2) is 11.1. The monoisotopic (exact) mass is 538 g/mol. The summed E-state index contributed by atoms with van der Waals surface area (Å²) in [5, 5.41) is -0.117. The zero-order chi connectivity index (χ0) is 28.3. The van der Waals surface area contributed by atoms with Gasteiger partial charge in [0.15, 0.2) is 11.5 Å². The molecule has 0 N–H and O–H groups in total. The number of carbonyl (C=O) groups is 1. The fourth-order valence-corrected chi connectivity index (χ4v) is 4.00. The van der Waals surface area contributed by atoms with Crippen LogP contribution in [0.1, 0.15) is 36.7 Å². The van der Waals surface area contributed by atoms with Crippen LogP contribution >= 0.6 is 0 Å². The van der Waals surface area contributed by atoms with Crippen molar-refractivity contribution in [3.8, 4) is 28.4 Å². The van der Waals surface area contributed by atoms with Crippen molar-refractivity contribution in [1.82, 2.24) is 0 Å². The van der Waals surface area contributed by atoms with Gasteiger partial charge in [-0.2, -0.15) is 13.2 Å². The van der Waals surface area contributed by atoms with Crippen LogP contribution < -0.4 is 19.6 Å². The Morgan fingerprint density at radius 1 is 0.923 bits per heavy atom. The lowest BCUT2D eigenvalue weighted by molar-refractivity contribution is -0.152. The van der Waals surface area contributed by atoms with E-state index < -0.39 is 28.9 Å². The van der Waals surface area contributed by atoms with Crippen molar-refractivity contribution in [2.75, 3.05) is 14.2 Å². The first-order valence-electron chi connectivity index (χ1n) is 11.9. The number of carbonyl (C=O) groups excluding carboxylic acids is 1. The number of hydrogen-bond donors (Lipinski definition) is 0. The zero-order valence-electron chi connectivity index (χ0n) is 21.6. The predicted octanol–water partition coefficient (Wildman–Crippen LogP) is 7.24. The minimum absolute atomic E-state index is 0.0577. The largest absolute Gasteiger partial charge is 0.493 e. The number of benzene rings is 3. The van der Waals surface area contributed by atoms with Crippen molar-refractivity contribution in [1.29, 1.82) is 0 Å². The number of hydrogen-bond acceptors (Lipinski definition) is 6. The molecule has 39 heavy (non-hydrogen) atoms. The molecule has 6 nitrogen and oxygen atoms in total. The fraction of sp³-hybridized carbons (Fsp3) is 0.200. The summed E-state index contributed by atoms with van der Waals surface area (Å²) in [7, 11) is 2.71. The number of halogens is 3. The molecule has 1 aromatic heterocycles. The van der Waals surface area contributed by atoms with E-state index in [0.717, 1.165) is 17.2 Å². The van der Waals surface area contributed by atoms with Crippen molar-refractivity contribution < 1.29 is 36.6 Å². The van der Waals surface area contributed by atoms with Crippen molar-refractivity contribution in [2.24, 2.45) is 0 Å². The van der Waals surface area contributed by atoms with Crippen LogP contribution in [0.3, 0.4) is 0 Å². The lowest BCUT2D eigenvalue weighted by Crippen LogP contribution is -2.16. The van der Waals surface area contributed by atoms with Gasteiger partial charge in [0.05, 0.1) is 25.2 Å². The molecule has 0 saturated carbocycles. The first kappa shape index (κ1) is 27.5. The first-order valence-corrected chi connectivity index (χ1v) is 11.9. The Labute approximate surface area is 222 Å². The average Bonchev–Trinajstić information content (AvgIpc) is 2.91. The number of rotatable bonds is 7. The van der Waals surface area contributed by atoms with E-state index >= 15 is 0 Å². The Kier molecular flexibility index (Phi) is 7.80. The molecule has 0 bridgehead atoms. The highest BCUT2D eigenvalue weighted by atomic mass is 19.4. The minimum Gasteiger partial charge on any atom is -0.493 e. The highest BCUT2D eigenvalue weighted by Gasteiger charge is 2.39. The van der Waals surface area contributed by atoms with Gasteiger partial charge in [-0.15, -0.1) is 0 Å². The summed E-state index contributed by atoms with van der Waals surface area (Å²) >= 11 is 0. The van der Waals surface area contributed by atoms with E-state index in [-0.39, 0.29) is 33.8 Å². The molecule has 0 atom stereocenters. The van der Waals surface area contributed by atoms with Crippen LogP contribution in [-0.4, -0.2) is 20.2 Å². The Morgan fingerprint density at radius 3 is 2.23 bits per heavy atom. The summed E-state index contributed by atoms with van der Waals surface area (Å²) in [6, 6.07) is 15.2. The van der Waals surface area contributed by atoms with Gasteiger partial charge in [-0.1, -0.05) is 44.2 Å². The molecule has 0 radical (unpaired) electrons. The van der Waals surface area contributed by atoms with E-state index in [1.807, 2.05) is 24.3 Å². The smallest absolute Gasteiger partial charge is 0.450 e. The molecule has 0 spiro atoms. The Hall–Kier alpha value is -4.53. The Balaban J connectivity index is 1.68. The third kappa shape index (κ3) is 5.98. The van der Waals surface area contributed by atoms with Gasteiger partial charge in [0.2, 0.25) is 11.2 Å². The van der Waals surface area contributed by atoms with E-state index in [4.69, 9.17) is 18.6 Å². The summed E-state index contributed by atoms with van der Waals surface area (Å²) < 4.78 is 62.8. The van der Waals surface area contributed by atoms with Crippen molar-refractivity contribution in [2.45, 2.75) is 25.9 Å². The van der Waals surface area contributed by atoms with E-state index in [2.05, 4.69) is 13.8 Å². The van der Waals surface area contributed by atoms with E-state index in [1.54, 1.807) is 6.08 Å². The molecule has 202 valence electrons. The fourth-order valence-electron chi connectivity index (χ4n) is 4.00. The third-order valence-corrected chi connectivity index (χ3v) is 6.03. The molecule has 0 aliphatic rings. The summed E-state index contributed by atoms with van der Waals surface area (Å²) in [5.41, 5.74) is -0.0865. The van der Waals surface area contributed by atoms with Crippen LogP contribution in [0.15, 0.2) is 76.0 Å². The number of fused-ring (bicyclic) bond motifs is 1. The molecule has 0 aliphatic carbocycles. The number of esters is 1. The Morgan fingerprint density at radius 2 is 1.62 bits per heavy atom. The van der Waals surface area contributed by atoms with Crippen LogP contribution in [0.25, 0.3) is 28.2 Å². The zero-order valence-corrected chi connectivity index (χ0v) is 21.6. The normalized spacial score (nSPS) is 11.8. The molecule has 1 heterocycles. The standard InChI is InChI=1S/C30H25F3O6/c1-17(2)19-8-5-18(6-9-19)7-14-26(34)38-21-11-12-22-24(16-21)39-29(30(31,32)33)27(28(22)35)20-10-13-23(36-3)25(15-20)37-4/h5-17H,1-4H3/b14-7+. The molecule has 0 amide bonds. The quantitative estimate of drug-likeness (QED) is 0.140. The first-order chi connectivity index (χ1) is 18.5. The van der Waals surface area contributed by atoms with Gasteiger partial charge >= 0.3 is 12.1 Å². The molecular weight excluding hydrogens is 513 g/mol. The molecule has 0 saturated heterocycles. The molecule has 0 unspecified atom stereocenters. The van der Waals surface area contributed by atoms with E-state index in [9.17, 15) is 22.8 Å². The van der Waals surface area contributed by atoms with Gasteiger partial charge in [-0.05, 0) is 52.9 Å². The van der Waals surface area contributed by atoms with Gasteiger partial charge in [0.25, 0.3) is 0 Å². The Bertz CT molecular complexity index is 1600. The van der Waals surface area contributed by atoms with Gasteiger partial charge < -0.3 is 18.6 Å². The van der Waals surface area contributed by atoms with Crippen molar-refractivity contribution in [3.05, 3.63) is 93.9 Å². The van der Waals surface area contributed by atoms with Gasteiger partial charge in [-0.25, -0.2) is 4.79 Å². The van der Waals surface area contributed by atoms with Gasteiger partial charge in [-0.3, -0.25) is 4.79 Å². The minimum atomic E-state index is -4.99. The second-order valence-corrected chi connectivity index (χ2v) is 8.94. The van der Waals surface area contributed by atoms with Crippen molar-refractivity contribution >= 4 is 23.0 Å². The van der Waals surface area contributed by atoms with Gasteiger partial charge in [0.1, 0.15) is 11.3 Å². The highest BCUT2D eigenvalue weighted by Crippen LogP contribution is 2.40. The van der Waals surface area contributed by atoms with Crippen LogP contribution in [0, 0.1) is 0 Å². The highest BCUT2D eigenvalue weighted by molar-refractivity contribution is 5.90. The maximum absolute atomic E-state index is 14.0. The van der Waals surface area contributed by atoms with Gasteiger partial charge in [0, 0.05) is 12.1 Å². The van der Waals surface area contributed by atoms with Crippen LogP contribution in [0.4, 0.5) is 13.2 Å². The summed E-state index contributed by atoms with van der Waals surface area (Å²) in [6.45, 7) is 4.14. The molecular formula is C30H25F3O6. The molecule has 9 heteroatoms. The number of ether oxygens (including phenoxy) is 3. The van der Waals surface area contributed by atoms with Crippen LogP contribution in [-0.2, 0) is 11.0 Å². The molecule has 0 aliphatic heterocycles. The summed E-state index contributed by atoms with van der Waals surface area (Å²) in [4.78, 5) is 25.6. The molecule has 4 rings (SSSR count). The lowest BCUT2D eigenvalue weighted by atomic mass is 10.0. The topological polar surface area (TPSA) is 75.0 Å². The third-order valence-electron chi connectivity index (χ3n) is 6.03. The molecule has 3 aromatic carbocycles. The SMILES string of the molecule is COc1ccc(-c2c(C(F)(F)F)oc3cc(OC(=O)/C=C/c4ccc(C(C)C)cc4)ccc3c2=O)cc1OC. The maximum Gasteiger partial charge on any atom is 0.450 e. The van der Waals surface area contributed by atoms with E-state index in [0.29, 0.717) is 5.92 Å². The summed E-state index contributed by atoms with van der Waals surface area (Å²) in [6.07, 6.45) is -2.23. The predicted molar refractivity (Wildman–Crippen MR) is 141 cm³/mol. The maximum atomic E-state index is 14.0. The van der Waals surface area contributed by atoms with Crippen LogP contribution in [0.2, 0.25) is 0 Å². The van der Waals surface area contributed by atoms with Crippen LogP contribution in [0.5, 0.6) is 17.2 Å². The number of alkyl halides is 3.